The second-order valence-electron chi connectivity index (χ2n) is 3.79. The van der Waals surface area contributed by atoms with Crippen molar-refractivity contribution in [2.45, 2.75) is 13.8 Å². The lowest BCUT2D eigenvalue weighted by Gasteiger charge is -1.90. The van der Waals surface area contributed by atoms with Gasteiger partial charge >= 0.3 is 0 Å². The average Bonchev–Trinajstić information content (AvgIpc) is 2.69. The Morgan fingerprint density at radius 2 is 2.17 bits per heavy atom. The van der Waals surface area contributed by atoms with Gasteiger partial charge in [0.15, 0.2) is 0 Å². The molecule has 2 heterocycles. The van der Waals surface area contributed by atoms with E-state index in [0.717, 1.165) is 11.3 Å². The van der Waals surface area contributed by atoms with Crippen LogP contribution < -0.4 is 0 Å². The Kier molecular flexibility index (Phi) is 3.54. The van der Waals surface area contributed by atoms with Gasteiger partial charge in [0.2, 0.25) is 0 Å². The van der Waals surface area contributed by atoms with Gasteiger partial charge in [-0.15, -0.1) is 0 Å². The first-order chi connectivity index (χ1) is 8.69. The van der Waals surface area contributed by atoms with E-state index in [0.29, 0.717) is 17.8 Å². The number of pyridine rings is 1. The lowest BCUT2D eigenvalue weighted by atomic mass is 10.2. The summed E-state index contributed by atoms with van der Waals surface area (Å²) in [6, 6.07) is 3.74. The summed E-state index contributed by atoms with van der Waals surface area (Å²) in [5.74, 6) is 6.64. The Hall–Kier alpha value is -2.41. The fourth-order valence-electron chi connectivity index (χ4n) is 1.52. The second-order valence-corrected chi connectivity index (χ2v) is 3.79. The third-order valence-corrected chi connectivity index (χ3v) is 2.37. The van der Waals surface area contributed by atoms with Gasteiger partial charge in [-0.3, -0.25) is 4.98 Å². The molecule has 0 aliphatic heterocycles. The summed E-state index contributed by atoms with van der Waals surface area (Å²) in [7, 11) is 0. The number of halogens is 1. The topological polar surface area (TPSA) is 30.7 Å². The van der Waals surface area contributed by atoms with E-state index in [4.69, 9.17) is 0 Å². The van der Waals surface area contributed by atoms with Gasteiger partial charge < -0.3 is 4.57 Å². The highest BCUT2D eigenvalue weighted by Gasteiger charge is 1.98. The maximum Gasteiger partial charge on any atom is 0.132 e. The Bertz CT molecular complexity index is 645. The van der Waals surface area contributed by atoms with Gasteiger partial charge in [-0.25, -0.2) is 9.37 Å². The summed E-state index contributed by atoms with van der Waals surface area (Å²) in [6.07, 6.45) is 5.17. The minimum absolute atomic E-state index is 0.470. The highest BCUT2D eigenvalue weighted by Crippen LogP contribution is 2.03. The van der Waals surface area contributed by atoms with Crippen molar-refractivity contribution >= 4 is 6.20 Å². The molecule has 2 aromatic rings. The molecule has 90 valence electrons. The highest BCUT2D eigenvalue weighted by molar-refractivity contribution is 5.41. The molecule has 18 heavy (non-hydrogen) atoms. The molecule has 0 aliphatic carbocycles. The van der Waals surface area contributed by atoms with Crippen LogP contribution in [0.4, 0.5) is 4.39 Å². The first-order valence-corrected chi connectivity index (χ1v) is 5.46. The molecule has 3 nitrogen and oxygen atoms in total. The normalized spacial score (nSPS) is 10.4. The molecule has 0 aromatic carbocycles. The van der Waals surface area contributed by atoms with Crippen molar-refractivity contribution in [1.29, 1.82) is 0 Å². The van der Waals surface area contributed by atoms with Gasteiger partial charge in [-0.2, -0.15) is 0 Å². The predicted octanol–water partition coefficient (Wildman–Crippen LogP) is 2.69. The second kappa shape index (κ2) is 5.28. The SMILES string of the molecule is Cc1cc(C#Cc2cn(C=CF)c(C)n2)ccn1. The largest absolute Gasteiger partial charge is 0.307 e. The van der Waals surface area contributed by atoms with Crippen molar-refractivity contribution < 1.29 is 4.39 Å². The molecular weight excluding hydrogens is 229 g/mol. The molecule has 0 aliphatic rings. The number of aromatic nitrogens is 3. The molecule has 0 saturated carbocycles. The van der Waals surface area contributed by atoms with E-state index < -0.39 is 0 Å². The zero-order valence-electron chi connectivity index (χ0n) is 10.2. The maximum atomic E-state index is 12.1. The number of aryl methyl sites for hydroxylation is 2. The van der Waals surface area contributed by atoms with Crippen LogP contribution in [0.2, 0.25) is 0 Å². The molecule has 0 saturated heterocycles. The molecule has 0 bridgehead atoms. The van der Waals surface area contributed by atoms with Crippen molar-refractivity contribution in [3.63, 3.8) is 0 Å². The minimum atomic E-state index is 0.470. The van der Waals surface area contributed by atoms with Crippen molar-refractivity contribution in [1.82, 2.24) is 14.5 Å². The van der Waals surface area contributed by atoms with Gasteiger partial charge in [0.1, 0.15) is 17.8 Å². The molecule has 0 spiro atoms. The third-order valence-electron chi connectivity index (χ3n) is 2.37. The van der Waals surface area contributed by atoms with Gasteiger partial charge in [0.25, 0.3) is 0 Å². The lowest BCUT2D eigenvalue weighted by Crippen LogP contribution is -1.85. The van der Waals surface area contributed by atoms with Crippen LogP contribution in [-0.4, -0.2) is 14.5 Å². The Morgan fingerprint density at radius 1 is 1.33 bits per heavy atom. The summed E-state index contributed by atoms with van der Waals surface area (Å²) in [6.45, 7) is 3.71. The monoisotopic (exact) mass is 241 g/mol. The van der Waals surface area contributed by atoms with Gasteiger partial charge in [0, 0.05) is 29.9 Å². The molecule has 0 fully saturated rings. The smallest absolute Gasteiger partial charge is 0.132 e. The molecule has 0 unspecified atom stereocenters. The molecule has 0 radical (unpaired) electrons. The van der Waals surface area contributed by atoms with Crippen LogP contribution >= 0.6 is 0 Å². The zero-order valence-corrected chi connectivity index (χ0v) is 10.2. The van der Waals surface area contributed by atoms with Crippen molar-refractivity contribution in [3.05, 3.63) is 53.6 Å². The van der Waals surface area contributed by atoms with Crippen LogP contribution in [0.5, 0.6) is 0 Å². The third kappa shape index (κ3) is 2.83. The van der Waals surface area contributed by atoms with E-state index in [1.54, 1.807) is 23.9 Å². The fraction of sp³-hybridized carbons (Fsp3) is 0.143. The van der Waals surface area contributed by atoms with Gasteiger partial charge in [-0.05, 0) is 31.9 Å². The van der Waals surface area contributed by atoms with Crippen LogP contribution in [-0.2, 0) is 0 Å². The zero-order chi connectivity index (χ0) is 13.0. The molecule has 2 rings (SSSR count). The van der Waals surface area contributed by atoms with E-state index >= 15 is 0 Å². The number of rotatable bonds is 1. The lowest BCUT2D eigenvalue weighted by molar-refractivity contribution is 0.721. The van der Waals surface area contributed by atoms with Crippen LogP contribution in [0.1, 0.15) is 22.8 Å². The quantitative estimate of drug-likeness (QED) is 0.719. The van der Waals surface area contributed by atoms with Crippen molar-refractivity contribution in [2.75, 3.05) is 0 Å². The molecule has 2 aromatic heterocycles. The van der Waals surface area contributed by atoms with E-state index in [2.05, 4.69) is 21.8 Å². The first kappa shape index (κ1) is 12.1. The summed E-state index contributed by atoms with van der Waals surface area (Å²) in [5, 5.41) is 0. The first-order valence-electron chi connectivity index (χ1n) is 5.46. The van der Waals surface area contributed by atoms with Crippen molar-refractivity contribution in [3.8, 4) is 11.8 Å². The van der Waals surface area contributed by atoms with Crippen LogP contribution in [0, 0.1) is 25.7 Å². The molecule has 0 N–H and O–H groups in total. The summed E-state index contributed by atoms with van der Waals surface area (Å²) in [5.41, 5.74) is 2.42. The maximum absolute atomic E-state index is 12.1. The van der Waals surface area contributed by atoms with Crippen LogP contribution in [0.3, 0.4) is 0 Å². The number of nitrogens with zero attached hydrogens (tertiary/aromatic N) is 3. The predicted molar refractivity (Wildman–Crippen MR) is 68.4 cm³/mol. The van der Waals surface area contributed by atoms with E-state index in [9.17, 15) is 4.39 Å². The van der Waals surface area contributed by atoms with E-state index in [-0.39, 0.29) is 0 Å². The number of hydrogen-bond donors (Lipinski definition) is 0. The minimum Gasteiger partial charge on any atom is -0.307 e. The van der Waals surface area contributed by atoms with E-state index in [1.165, 1.54) is 6.20 Å². The standard InChI is InChI=1S/C14H12FN3/c1-11-9-13(5-7-16-11)3-4-14-10-18(8-6-15)12(2)17-14/h5-10H,1-2H3. The number of hydrogen-bond acceptors (Lipinski definition) is 2. The summed E-state index contributed by atoms with van der Waals surface area (Å²) >= 11 is 0. The summed E-state index contributed by atoms with van der Waals surface area (Å²) in [4.78, 5) is 8.32. The Balaban J connectivity index is 2.27. The van der Waals surface area contributed by atoms with Crippen LogP contribution in [0.25, 0.3) is 6.20 Å². The highest BCUT2D eigenvalue weighted by atomic mass is 19.1. The molecule has 0 atom stereocenters. The Morgan fingerprint density at radius 3 is 2.89 bits per heavy atom. The van der Waals surface area contributed by atoms with Gasteiger partial charge in [0.05, 0.1) is 0 Å². The molecule has 4 heteroatoms. The fourth-order valence-corrected chi connectivity index (χ4v) is 1.52. The Labute approximate surface area is 105 Å². The number of imidazole rings is 1. The van der Waals surface area contributed by atoms with Crippen molar-refractivity contribution in [2.24, 2.45) is 0 Å². The molecule has 0 amide bonds. The van der Waals surface area contributed by atoms with Gasteiger partial charge in [-0.1, -0.05) is 5.92 Å². The average molecular weight is 241 g/mol. The van der Waals surface area contributed by atoms with E-state index in [1.807, 2.05) is 19.1 Å². The van der Waals surface area contributed by atoms with Crippen LogP contribution in [0.15, 0.2) is 30.9 Å². The molecular formula is C14H12FN3. The summed E-state index contributed by atoms with van der Waals surface area (Å²) < 4.78 is 13.7.